The number of benzene rings is 1. The Morgan fingerprint density at radius 2 is 2.20 bits per heavy atom. The summed E-state index contributed by atoms with van der Waals surface area (Å²) < 4.78 is 6.77. The Morgan fingerprint density at radius 3 is 2.90 bits per heavy atom. The molecule has 20 heavy (non-hydrogen) atoms. The predicted molar refractivity (Wildman–Crippen MR) is 77.5 cm³/mol. The summed E-state index contributed by atoms with van der Waals surface area (Å²) in [6, 6.07) is 7.48. The Kier molecular flexibility index (Phi) is 4.20. The van der Waals surface area contributed by atoms with Gasteiger partial charge in [0.05, 0.1) is 18.0 Å². The average Bonchev–Trinajstić information content (AvgIpc) is 2.87. The molecule has 2 rings (SSSR count). The van der Waals surface area contributed by atoms with Crippen molar-refractivity contribution in [2.24, 2.45) is 0 Å². The molecule has 5 heteroatoms. The zero-order valence-corrected chi connectivity index (χ0v) is 11.4. The van der Waals surface area contributed by atoms with Crippen LogP contribution in [0.2, 0.25) is 0 Å². The first kappa shape index (κ1) is 13.9. The quantitative estimate of drug-likeness (QED) is 0.513. The number of aromatic nitrogens is 2. The summed E-state index contributed by atoms with van der Waals surface area (Å²) >= 11 is 0. The van der Waals surface area contributed by atoms with E-state index in [0.29, 0.717) is 30.1 Å². The SMILES string of the molecule is C=C(Cc1nccn1-c1ccccc1N)C(=O)OCC. The van der Waals surface area contributed by atoms with Gasteiger partial charge in [-0.3, -0.25) is 0 Å². The molecule has 0 fully saturated rings. The highest BCUT2D eigenvalue weighted by Gasteiger charge is 2.13. The second kappa shape index (κ2) is 6.06. The lowest BCUT2D eigenvalue weighted by Crippen LogP contribution is -2.12. The molecule has 0 spiro atoms. The minimum Gasteiger partial charge on any atom is -0.463 e. The monoisotopic (exact) mass is 271 g/mol. The number of rotatable bonds is 5. The summed E-state index contributed by atoms with van der Waals surface area (Å²) in [5.41, 5.74) is 7.80. The molecule has 0 amide bonds. The maximum Gasteiger partial charge on any atom is 0.333 e. The standard InChI is InChI=1S/C15H17N3O2/c1-3-20-15(19)11(2)10-14-17-8-9-18(14)13-7-5-4-6-12(13)16/h4-9H,2-3,10,16H2,1H3. The molecule has 1 heterocycles. The van der Waals surface area contributed by atoms with Crippen molar-refractivity contribution in [1.82, 2.24) is 9.55 Å². The predicted octanol–water partition coefficient (Wildman–Crippen LogP) is 2.12. The van der Waals surface area contributed by atoms with E-state index in [1.807, 2.05) is 28.8 Å². The second-order valence-electron chi connectivity index (χ2n) is 4.27. The first-order valence-corrected chi connectivity index (χ1v) is 6.35. The van der Waals surface area contributed by atoms with Gasteiger partial charge in [-0.25, -0.2) is 9.78 Å². The van der Waals surface area contributed by atoms with Crippen LogP contribution in [0.3, 0.4) is 0 Å². The highest BCUT2D eigenvalue weighted by molar-refractivity contribution is 5.88. The number of esters is 1. The van der Waals surface area contributed by atoms with Gasteiger partial charge in [-0.1, -0.05) is 18.7 Å². The smallest absolute Gasteiger partial charge is 0.333 e. The maximum absolute atomic E-state index is 11.6. The number of nitrogens with zero attached hydrogens (tertiary/aromatic N) is 2. The van der Waals surface area contributed by atoms with E-state index < -0.39 is 5.97 Å². The number of nitrogen functional groups attached to an aromatic ring is 1. The summed E-state index contributed by atoms with van der Waals surface area (Å²) in [6.45, 7) is 5.84. The number of anilines is 1. The van der Waals surface area contributed by atoms with Crippen LogP contribution in [0.15, 0.2) is 48.8 Å². The van der Waals surface area contributed by atoms with Crippen molar-refractivity contribution >= 4 is 11.7 Å². The van der Waals surface area contributed by atoms with Gasteiger partial charge in [-0.05, 0) is 19.1 Å². The van der Waals surface area contributed by atoms with E-state index in [4.69, 9.17) is 10.5 Å². The van der Waals surface area contributed by atoms with Gasteiger partial charge < -0.3 is 15.0 Å². The fraction of sp³-hybridized carbons (Fsp3) is 0.200. The molecule has 0 bridgehead atoms. The minimum absolute atomic E-state index is 0.320. The molecule has 0 saturated carbocycles. The van der Waals surface area contributed by atoms with E-state index in [0.717, 1.165) is 5.69 Å². The fourth-order valence-corrected chi connectivity index (χ4v) is 1.89. The topological polar surface area (TPSA) is 70.1 Å². The van der Waals surface area contributed by atoms with Crippen molar-refractivity contribution in [2.45, 2.75) is 13.3 Å². The molecular weight excluding hydrogens is 254 g/mol. The minimum atomic E-state index is -0.400. The van der Waals surface area contributed by atoms with Gasteiger partial charge in [-0.2, -0.15) is 0 Å². The second-order valence-corrected chi connectivity index (χ2v) is 4.27. The molecule has 0 unspecified atom stereocenters. The Labute approximate surface area is 117 Å². The van der Waals surface area contributed by atoms with Gasteiger partial charge >= 0.3 is 5.97 Å². The normalized spacial score (nSPS) is 10.2. The van der Waals surface area contributed by atoms with Crippen LogP contribution in [-0.2, 0) is 16.0 Å². The van der Waals surface area contributed by atoms with Crippen LogP contribution < -0.4 is 5.73 Å². The van der Waals surface area contributed by atoms with Crippen LogP contribution in [0.1, 0.15) is 12.7 Å². The largest absolute Gasteiger partial charge is 0.463 e. The van der Waals surface area contributed by atoms with Crippen LogP contribution in [0.5, 0.6) is 0 Å². The van der Waals surface area contributed by atoms with Crippen molar-refractivity contribution in [2.75, 3.05) is 12.3 Å². The van der Waals surface area contributed by atoms with E-state index in [9.17, 15) is 4.79 Å². The van der Waals surface area contributed by atoms with Gasteiger partial charge in [0.1, 0.15) is 5.82 Å². The summed E-state index contributed by atoms with van der Waals surface area (Å²) in [5.74, 6) is 0.295. The molecule has 0 aliphatic carbocycles. The average molecular weight is 271 g/mol. The molecule has 2 aromatic rings. The molecule has 1 aromatic carbocycles. The number of carbonyl (C=O) groups excluding carboxylic acids is 1. The van der Waals surface area contributed by atoms with Crippen molar-refractivity contribution in [3.8, 4) is 5.69 Å². The molecule has 0 aliphatic rings. The van der Waals surface area contributed by atoms with Gasteiger partial charge in [-0.15, -0.1) is 0 Å². The van der Waals surface area contributed by atoms with Crippen LogP contribution in [-0.4, -0.2) is 22.1 Å². The van der Waals surface area contributed by atoms with Crippen molar-refractivity contribution in [1.29, 1.82) is 0 Å². The van der Waals surface area contributed by atoms with E-state index in [2.05, 4.69) is 11.6 Å². The molecule has 5 nitrogen and oxygen atoms in total. The number of para-hydroxylation sites is 2. The molecule has 104 valence electrons. The van der Waals surface area contributed by atoms with Crippen molar-refractivity contribution < 1.29 is 9.53 Å². The summed E-state index contributed by atoms with van der Waals surface area (Å²) in [6.07, 6.45) is 3.79. The number of carbonyl (C=O) groups is 1. The van der Waals surface area contributed by atoms with Gasteiger partial charge in [0.2, 0.25) is 0 Å². The zero-order valence-electron chi connectivity index (χ0n) is 11.4. The van der Waals surface area contributed by atoms with E-state index in [1.54, 1.807) is 19.3 Å². The lowest BCUT2D eigenvalue weighted by atomic mass is 10.2. The summed E-state index contributed by atoms with van der Waals surface area (Å²) in [5, 5.41) is 0. The first-order chi connectivity index (χ1) is 9.63. The summed E-state index contributed by atoms with van der Waals surface area (Å²) in [4.78, 5) is 15.9. The first-order valence-electron chi connectivity index (χ1n) is 6.35. The van der Waals surface area contributed by atoms with Crippen LogP contribution in [0.25, 0.3) is 5.69 Å². The molecule has 2 N–H and O–H groups in total. The van der Waals surface area contributed by atoms with Crippen LogP contribution >= 0.6 is 0 Å². The number of hydrogen-bond donors (Lipinski definition) is 1. The van der Waals surface area contributed by atoms with E-state index in [1.165, 1.54) is 0 Å². The Morgan fingerprint density at radius 1 is 1.45 bits per heavy atom. The lowest BCUT2D eigenvalue weighted by molar-refractivity contribution is -0.138. The molecular formula is C15H17N3O2. The van der Waals surface area contributed by atoms with Gasteiger partial charge in [0.15, 0.2) is 0 Å². The van der Waals surface area contributed by atoms with E-state index in [-0.39, 0.29) is 0 Å². The molecule has 0 aliphatic heterocycles. The third kappa shape index (κ3) is 2.88. The Balaban J connectivity index is 2.24. The third-order valence-electron chi connectivity index (χ3n) is 2.85. The number of imidazole rings is 1. The molecule has 0 atom stereocenters. The van der Waals surface area contributed by atoms with Crippen LogP contribution in [0, 0.1) is 0 Å². The number of hydrogen-bond acceptors (Lipinski definition) is 4. The van der Waals surface area contributed by atoms with Gasteiger partial charge in [0.25, 0.3) is 0 Å². The zero-order chi connectivity index (χ0) is 14.5. The highest BCUT2D eigenvalue weighted by Crippen LogP contribution is 2.19. The molecule has 0 saturated heterocycles. The van der Waals surface area contributed by atoms with Crippen molar-refractivity contribution in [3.63, 3.8) is 0 Å². The Hall–Kier alpha value is -2.56. The molecule has 1 aromatic heterocycles. The van der Waals surface area contributed by atoms with E-state index >= 15 is 0 Å². The van der Waals surface area contributed by atoms with Crippen molar-refractivity contribution in [3.05, 3.63) is 54.6 Å². The number of nitrogens with two attached hydrogens (primary N) is 1. The fourth-order valence-electron chi connectivity index (χ4n) is 1.89. The maximum atomic E-state index is 11.6. The lowest BCUT2D eigenvalue weighted by Gasteiger charge is -2.11. The summed E-state index contributed by atoms with van der Waals surface area (Å²) in [7, 11) is 0. The Bertz CT molecular complexity index is 632. The third-order valence-corrected chi connectivity index (χ3v) is 2.85. The molecule has 0 radical (unpaired) electrons. The number of ether oxygens (including phenoxy) is 1. The van der Waals surface area contributed by atoms with Gasteiger partial charge in [0, 0.05) is 24.4 Å². The van der Waals surface area contributed by atoms with Crippen LogP contribution in [0.4, 0.5) is 5.69 Å². The highest BCUT2D eigenvalue weighted by atomic mass is 16.5.